The van der Waals surface area contributed by atoms with E-state index in [-0.39, 0.29) is 5.84 Å². The van der Waals surface area contributed by atoms with E-state index in [9.17, 15) is 0 Å². The van der Waals surface area contributed by atoms with Gasteiger partial charge < -0.3 is 15.8 Å². The van der Waals surface area contributed by atoms with E-state index in [2.05, 4.69) is 27.6 Å². The third kappa shape index (κ3) is 3.14. The number of rotatable bonds is 5. The van der Waals surface area contributed by atoms with Gasteiger partial charge in [0.15, 0.2) is 5.84 Å². The number of nitrogens with zero attached hydrogens (tertiary/aromatic N) is 2. The monoisotopic (exact) mass is 321 g/mol. The summed E-state index contributed by atoms with van der Waals surface area (Å²) in [6.07, 6.45) is 2.34. The molecule has 0 spiro atoms. The molecule has 1 heterocycles. The number of hydrogen-bond acceptors (Lipinski definition) is 4. The molecule has 6 heteroatoms. The molecule has 3 rings (SSSR count). The van der Waals surface area contributed by atoms with Gasteiger partial charge in [-0.05, 0) is 42.5 Å². The van der Waals surface area contributed by atoms with E-state index in [1.165, 1.54) is 17.7 Å². The van der Waals surface area contributed by atoms with E-state index in [0.29, 0.717) is 16.6 Å². The summed E-state index contributed by atoms with van der Waals surface area (Å²) in [6.45, 7) is 0.829. The number of hydrogen-bond donors (Lipinski definition) is 2. The zero-order chi connectivity index (χ0) is 14.8. The molecule has 2 aromatic rings. The highest BCUT2D eigenvalue weighted by Gasteiger charge is 2.31. The van der Waals surface area contributed by atoms with Crippen LogP contribution in [-0.2, 0) is 6.54 Å². The van der Waals surface area contributed by atoms with Crippen LogP contribution < -0.4 is 10.6 Å². The Morgan fingerprint density at radius 2 is 2.24 bits per heavy atom. The summed E-state index contributed by atoms with van der Waals surface area (Å²) in [4.78, 5) is 3.61. The summed E-state index contributed by atoms with van der Waals surface area (Å²) in [5, 5.41) is 14.8. The number of nitrogens with two attached hydrogens (primary N) is 1. The average Bonchev–Trinajstić information content (AvgIpc) is 3.21. The second kappa shape index (κ2) is 5.95. The lowest BCUT2D eigenvalue weighted by atomic mass is 10.1. The molecule has 1 saturated carbocycles. The summed E-state index contributed by atoms with van der Waals surface area (Å²) in [5.74, 6) is 0.0873. The molecule has 0 amide bonds. The molecule has 0 saturated heterocycles. The van der Waals surface area contributed by atoms with Gasteiger partial charge in [-0.2, -0.15) is 0 Å². The summed E-state index contributed by atoms with van der Waals surface area (Å²) in [7, 11) is 0. The molecular weight excluding hydrogens is 306 g/mol. The Morgan fingerprint density at radius 3 is 2.86 bits per heavy atom. The van der Waals surface area contributed by atoms with E-state index in [0.717, 1.165) is 12.2 Å². The molecule has 1 aliphatic rings. The molecular formula is C15H16ClN3OS. The first kappa shape index (κ1) is 14.2. The third-order valence-electron chi connectivity index (χ3n) is 3.55. The molecule has 1 aliphatic carbocycles. The van der Waals surface area contributed by atoms with Crippen LogP contribution in [0.25, 0.3) is 0 Å². The van der Waals surface area contributed by atoms with Crippen LogP contribution in [0.5, 0.6) is 0 Å². The van der Waals surface area contributed by atoms with Crippen LogP contribution in [0.1, 0.15) is 23.3 Å². The predicted molar refractivity (Wildman–Crippen MR) is 87.5 cm³/mol. The van der Waals surface area contributed by atoms with Crippen molar-refractivity contribution in [3.63, 3.8) is 0 Å². The van der Waals surface area contributed by atoms with Gasteiger partial charge in [0.2, 0.25) is 0 Å². The van der Waals surface area contributed by atoms with Crippen molar-refractivity contribution < 1.29 is 5.21 Å². The molecule has 0 radical (unpaired) electrons. The number of benzene rings is 1. The molecule has 1 aromatic carbocycles. The van der Waals surface area contributed by atoms with Gasteiger partial charge >= 0.3 is 0 Å². The maximum absolute atomic E-state index is 9.00. The standard InChI is InChI=1S/C15H16ClN3OS/c16-10-3-6-14(13(8-10)15(17)18-20)19(11-4-5-11)9-12-2-1-7-21-12/h1-3,6-8,11,20H,4-5,9H2,(H2,17,18). The highest BCUT2D eigenvalue weighted by molar-refractivity contribution is 7.09. The average molecular weight is 322 g/mol. The molecule has 1 aromatic heterocycles. The van der Waals surface area contributed by atoms with Crippen LogP contribution in [0.15, 0.2) is 40.9 Å². The van der Waals surface area contributed by atoms with Gasteiger partial charge in [-0.25, -0.2) is 0 Å². The van der Waals surface area contributed by atoms with Gasteiger partial charge in [0.25, 0.3) is 0 Å². The van der Waals surface area contributed by atoms with E-state index in [1.807, 2.05) is 12.1 Å². The lowest BCUT2D eigenvalue weighted by Gasteiger charge is -2.26. The first-order chi connectivity index (χ1) is 10.2. The zero-order valence-corrected chi connectivity index (χ0v) is 12.9. The van der Waals surface area contributed by atoms with Crippen molar-refractivity contribution in [1.82, 2.24) is 0 Å². The van der Waals surface area contributed by atoms with Crippen LogP contribution in [-0.4, -0.2) is 17.1 Å². The second-order valence-electron chi connectivity index (χ2n) is 5.09. The first-order valence-corrected chi connectivity index (χ1v) is 8.01. The van der Waals surface area contributed by atoms with E-state index >= 15 is 0 Å². The normalized spacial score (nSPS) is 15.2. The van der Waals surface area contributed by atoms with Crippen molar-refractivity contribution >= 4 is 34.5 Å². The van der Waals surface area contributed by atoms with Gasteiger partial charge in [-0.3, -0.25) is 0 Å². The fourth-order valence-corrected chi connectivity index (χ4v) is 3.26. The van der Waals surface area contributed by atoms with Crippen molar-refractivity contribution in [1.29, 1.82) is 0 Å². The van der Waals surface area contributed by atoms with Crippen molar-refractivity contribution in [3.05, 3.63) is 51.2 Å². The quantitative estimate of drug-likeness (QED) is 0.382. The number of amidine groups is 1. The lowest BCUT2D eigenvalue weighted by molar-refractivity contribution is 0.318. The Morgan fingerprint density at radius 1 is 1.43 bits per heavy atom. The van der Waals surface area contributed by atoms with E-state index < -0.39 is 0 Å². The largest absolute Gasteiger partial charge is 0.409 e. The second-order valence-corrected chi connectivity index (χ2v) is 6.55. The number of anilines is 1. The van der Waals surface area contributed by atoms with Crippen molar-refractivity contribution in [3.8, 4) is 0 Å². The summed E-state index contributed by atoms with van der Waals surface area (Å²) in [6, 6.07) is 10.2. The van der Waals surface area contributed by atoms with Crippen LogP contribution in [0.3, 0.4) is 0 Å². The molecule has 0 bridgehead atoms. The third-order valence-corrected chi connectivity index (χ3v) is 4.64. The molecule has 0 aliphatic heterocycles. The van der Waals surface area contributed by atoms with Crippen LogP contribution in [0, 0.1) is 0 Å². The Labute approximate surface area is 132 Å². The minimum Gasteiger partial charge on any atom is -0.409 e. The Bertz CT molecular complexity index is 653. The van der Waals surface area contributed by atoms with Crippen LogP contribution >= 0.6 is 22.9 Å². The van der Waals surface area contributed by atoms with E-state index in [4.69, 9.17) is 22.5 Å². The Kier molecular flexibility index (Phi) is 4.03. The molecule has 0 unspecified atom stereocenters. The minimum absolute atomic E-state index is 0.0873. The predicted octanol–water partition coefficient (Wildman–Crippen LogP) is 3.67. The topological polar surface area (TPSA) is 61.9 Å². The molecule has 0 atom stereocenters. The Hall–Kier alpha value is -1.72. The fourth-order valence-electron chi connectivity index (χ4n) is 2.39. The number of thiophene rings is 1. The molecule has 1 fully saturated rings. The van der Waals surface area contributed by atoms with Gasteiger partial charge in [-0.15, -0.1) is 11.3 Å². The maximum Gasteiger partial charge on any atom is 0.172 e. The first-order valence-electron chi connectivity index (χ1n) is 6.75. The van der Waals surface area contributed by atoms with Gasteiger partial charge in [0.05, 0.1) is 6.54 Å². The fraction of sp³-hybridized carbons (Fsp3) is 0.267. The van der Waals surface area contributed by atoms with E-state index in [1.54, 1.807) is 17.4 Å². The Balaban J connectivity index is 1.99. The summed E-state index contributed by atoms with van der Waals surface area (Å²) < 4.78 is 0. The van der Waals surface area contributed by atoms with Crippen LogP contribution in [0.4, 0.5) is 5.69 Å². The molecule has 21 heavy (non-hydrogen) atoms. The van der Waals surface area contributed by atoms with Crippen molar-refractivity contribution in [2.75, 3.05) is 4.90 Å². The molecule has 110 valence electrons. The van der Waals surface area contributed by atoms with Gasteiger partial charge in [0.1, 0.15) is 0 Å². The lowest BCUT2D eigenvalue weighted by Crippen LogP contribution is -2.28. The minimum atomic E-state index is 0.0873. The molecule has 4 nitrogen and oxygen atoms in total. The highest BCUT2D eigenvalue weighted by atomic mass is 35.5. The molecule has 3 N–H and O–H groups in total. The number of oxime groups is 1. The smallest absolute Gasteiger partial charge is 0.172 e. The van der Waals surface area contributed by atoms with Crippen LogP contribution in [0.2, 0.25) is 5.02 Å². The highest BCUT2D eigenvalue weighted by Crippen LogP contribution is 2.36. The summed E-state index contributed by atoms with van der Waals surface area (Å²) >= 11 is 7.79. The SMILES string of the molecule is NC(=NO)c1cc(Cl)ccc1N(Cc1cccs1)C1CC1. The zero-order valence-electron chi connectivity index (χ0n) is 11.4. The van der Waals surface area contributed by atoms with Crippen molar-refractivity contribution in [2.24, 2.45) is 10.9 Å². The number of halogens is 1. The summed E-state index contributed by atoms with van der Waals surface area (Å²) in [5.41, 5.74) is 7.45. The van der Waals surface area contributed by atoms with Crippen molar-refractivity contribution in [2.45, 2.75) is 25.4 Å². The van der Waals surface area contributed by atoms with Gasteiger partial charge in [-0.1, -0.05) is 22.8 Å². The van der Waals surface area contributed by atoms with Gasteiger partial charge in [0, 0.05) is 27.2 Å². The maximum atomic E-state index is 9.00.